The first kappa shape index (κ1) is 36.2. The van der Waals surface area contributed by atoms with Crippen LogP contribution in [0.3, 0.4) is 0 Å². The number of rotatable bonds is 6. The Morgan fingerprint density at radius 2 is 1.81 bits per heavy atom. The highest BCUT2D eigenvalue weighted by Gasteiger charge is 2.62. The Labute approximate surface area is 303 Å². The van der Waals surface area contributed by atoms with E-state index in [0.29, 0.717) is 71.2 Å². The van der Waals surface area contributed by atoms with Gasteiger partial charge in [0.05, 0.1) is 24.4 Å². The van der Waals surface area contributed by atoms with Crippen molar-refractivity contribution >= 4 is 39.9 Å². The number of nitrogens with zero attached hydrogens (tertiary/aromatic N) is 2. The lowest BCUT2D eigenvalue weighted by Gasteiger charge is -2.30. The highest BCUT2D eigenvalue weighted by atomic mass is 32.2. The highest BCUT2D eigenvalue weighted by molar-refractivity contribution is 7.91. The van der Waals surface area contributed by atoms with Crippen LogP contribution in [0, 0.1) is 5.92 Å². The summed E-state index contributed by atoms with van der Waals surface area (Å²) in [4.78, 5) is 71.7. The van der Waals surface area contributed by atoms with Gasteiger partial charge in [-0.1, -0.05) is 49.3 Å². The van der Waals surface area contributed by atoms with Crippen molar-refractivity contribution < 1.29 is 41.9 Å². The predicted molar refractivity (Wildman–Crippen MR) is 187 cm³/mol. The number of sulfonamides is 1. The average Bonchev–Trinajstić information content (AvgIpc) is 4.00. The van der Waals surface area contributed by atoms with Gasteiger partial charge in [0.25, 0.3) is 5.91 Å². The van der Waals surface area contributed by atoms with Crippen LogP contribution in [0.2, 0.25) is 0 Å². The van der Waals surface area contributed by atoms with Crippen molar-refractivity contribution in [3.63, 3.8) is 0 Å². The Morgan fingerprint density at radius 3 is 2.58 bits per heavy atom. The van der Waals surface area contributed by atoms with Crippen molar-refractivity contribution in [1.82, 2.24) is 30.5 Å². The molecule has 0 spiro atoms. The zero-order valence-electron chi connectivity index (χ0n) is 29.2. The van der Waals surface area contributed by atoms with Gasteiger partial charge in [-0.25, -0.2) is 18.0 Å². The smallest absolute Gasteiger partial charge is 0.410 e. The third kappa shape index (κ3) is 8.07. The number of carbonyl (C=O) groups is 5. The van der Waals surface area contributed by atoms with E-state index in [1.54, 1.807) is 4.90 Å². The largest absolute Gasteiger partial charge is 0.444 e. The van der Waals surface area contributed by atoms with Gasteiger partial charge < -0.3 is 35.2 Å². The van der Waals surface area contributed by atoms with Gasteiger partial charge in [0.1, 0.15) is 23.7 Å². The van der Waals surface area contributed by atoms with Gasteiger partial charge >= 0.3 is 12.1 Å². The molecule has 4 aliphatic heterocycles. The quantitative estimate of drug-likeness (QED) is 0.314. The van der Waals surface area contributed by atoms with E-state index in [4.69, 9.17) is 9.47 Å². The van der Waals surface area contributed by atoms with E-state index < -0.39 is 74.8 Å². The molecule has 0 radical (unpaired) electrons. The molecular formula is C36H48N6O9S. The molecule has 1 aromatic carbocycles. The van der Waals surface area contributed by atoms with Crippen LogP contribution in [0.4, 0.5) is 9.59 Å². The third-order valence-corrected chi connectivity index (χ3v) is 12.9. The van der Waals surface area contributed by atoms with Crippen LogP contribution >= 0.6 is 0 Å². The van der Waals surface area contributed by atoms with Gasteiger partial charge in [0.2, 0.25) is 21.8 Å². The zero-order chi connectivity index (χ0) is 36.5. The van der Waals surface area contributed by atoms with Crippen molar-refractivity contribution in [2.75, 3.05) is 26.3 Å². The molecule has 0 aromatic heterocycles. The monoisotopic (exact) mass is 740 g/mol. The SMILES string of the molecule is O=C(NC1CCOC1)N[C@H]1CCCCC/C=C\[C@H]2C[C@@]2(C(=O)NS(=O)(=O)C2CC2)NC(=O)[C@@H]2C[C@@H](OC(=O)N3CCc4ccccc4C3)CN2C1=O. The molecule has 4 heterocycles. The molecule has 4 N–H and O–H groups in total. The van der Waals surface area contributed by atoms with Crippen LogP contribution in [0.15, 0.2) is 36.4 Å². The molecule has 16 heteroatoms. The third-order valence-electron chi connectivity index (χ3n) is 11.1. The molecule has 1 unspecified atom stereocenters. The van der Waals surface area contributed by atoms with Crippen molar-refractivity contribution in [3.05, 3.63) is 47.5 Å². The van der Waals surface area contributed by atoms with Gasteiger partial charge in [-0.3, -0.25) is 19.1 Å². The summed E-state index contributed by atoms with van der Waals surface area (Å²) in [6.45, 7) is 1.64. The number of ether oxygens (including phenoxy) is 2. The molecule has 6 aliphatic rings. The number of hydrogen-bond acceptors (Lipinski definition) is 9. The fourth-order valence-corrected chi connectivity index (χ4v) is 9.11. The Hall–Kier alpha value is -4.18. The fourth-order valence-electron chi connectivity index (χ4n) is 7.75. The van der Waals surface area contributed by atoms with Crippen molar-refractivity contribution in [2.45, 2.75) is 112 Å². The van der Waals surface area contributed by atoms with Gasteiger partial charge in [0.15, 0.2) is 0 Å². The van der Waals surface area contributed by atoms with E-state index in [1.165, 1.54) is 10.5 Å². The lowest BCUT2D eigenvalue weighted by Crippen LogP contribution is -2.59. The van der Waals surface area contributed by atoms with Crippen molar-refractivity contribution in [2.24, 2.45) is 5.92 Å². The van der Waals surface area contributed by atoms with Gasteiger partial charge in [-0.2, -0.15) is 0 Å². The predicted octanol–water partition coefficient (Wildman–Crippen LogP) is 1.61. The molecular weight excluding hydrogens is 692 g/mol. The van der Waals surface area contributed by atoms with E-state index in [2.05, 4.69) is 20.7 Å². The first-order chi connectivity index (χ1) is 25.0. The molecule has 2 saturated heterocycles. The molecule has 2 aliphatic carbocycles. The second kappa shape index (κ2) is 15.0. The first-order valence-corrected chi connectivity index (χ1v) is 20.1. The Morgan fingerprint density at radius 1 is 1.00 bits per heavy atom. The maximum atomic E-state index is 14.4. The summed E-state index contributed by atoms with van der Waals surface area (Å²) in [5.41, 5.74) is 0.678. The van der Waals surface area contributed by atoms with Crippen LogP contribution < -0.4 is 20.7 Å². The molecule has 1 aromatic rings. The van der Waals surface area contributed by atoms with Crippen molar-refractivity contribution in [3.8, 4) is 0 Å². The number of hydrogen-bond donors (Lipinski definition) is 4. The van der Waals surface area contributed by atoms with Crippen LogP contribution in [-0.2, 0) is 46.8 Å². The number of urea groups is 1. The number of carbonyl (C=O) groups excluding carboxylic acids is 5. The molecule has 6 amide bonds. The fraction of sp³-hybridized carbons (Fsp3) is 0.639. The molecule has 7 rings (SSSR count). The summed E-state index contributed by atoms with van der Waals surface area (Å²) in [5.74, 6) is -2.40. The van der Waals surface area contributed by atoms with Gasteiger partial charge in [-0.15, -0.1) is 0 Å². The topological polar surface area (TPSA) is 193 Å². The van der Waals surface area contributed by atoms with E-state index in [9.17, 15) is 32.4 Å². The van der Waals surface area contributed by atoms with Gasteiger partial charge in [-0.05, 0) is 62.5 Å². The lowest BCUT2D eigenvalue weighted by molar-refractivity contribution is -0.141. The van der Waals surface area contributed by atoms with E-state index >= 15 is 0 Å². The van der Waals surface area contributed by atoms with Crippen LogP contribution in [-0.4, -0.2) is 109 Å². The number of allylic oxidation sites excluding steroid dienone is 1. The van der Waals surface area contributed by atoms with E-state index in [-0.39, 0.29) is 25.4 Å². The van der Waals surface area contributed by atoms with Crippen LogP contribution in [0.25, 0.3) is 0 Å². The summed E-state index contributed by atoms with van der Waals surface area (Å²) in [6, 6.07) is 5.06. The summed E-state index contributed by atoms with van der Waals surface area (Å²) >= 11 is 0. The van der Waals surface area contributed by atoms with Crippen molar-refractivity contribution in [1.29, 1.82) is 0 Å². The molecule has 2 saturated carbocycles. The summed E-state index contributed by atoms with van der Waals surface area (Å²) < 4.78 is 39.1. The van der Waals surface area contributed by atoms with Crippen LogP contribution in [0.5, 0.6) is 0 Å². The Kier molecular flexibility index (Phi) is 10.5. The van der Waals surface area contributed by atoms with Crippen LogP contribution in [0.1, 0.15) is 75.3 Å². The normalized spacial score (nSPS) is 31.4. The Bertz CT molecular complexity index is 1710. The minimum atomic E-state index is -3.89. The standard InChI is InChI=1S/C36H48N6O9S/c43-31-30-18-27(51-35(47)41-16-14-23-8-6-7-9-24(23)20-41)21-42(30)32(44)29(38-34(46)37-26-15-17-50-22-26)11-5-3-1-2-4-10-25-19-36(25,39-31)33(45)40-52(48,49)28-12-13-28/h4,6-10,25-30H,1-3,5,11-22H2,(H,39,43)(H,40,45)(H2,37,38,46)/b10-4-/t25-,26?,27+,29-,30-,36+/m0/s1. The number of amides is 6. The second-order valence-corrected chi connectivity index (χ2v) is 16.9. The summed E-state index contributed by atoms with van der Waals surface area (Å²) in [5, 5.41) is 7.90. The molecule has 0 bridgehead atoms. The molecule has 6 atom stereocenters. The number of nitrogens with one attached hydrogen (secondary N) is 4. The Balaban J connectivity index is 1.12. The lowest BCUT2D eigenvalue weighted by atomic mass is 10.0. The molecule has 4 fully saturated rings. The highest BCUT2D eigenvalue weighted by Crippen LogP contribution is 2.46. The van der Waals surface area contributed by atoms with E-state index in [0.717, 1.165) is 18.4 Å². The second-order valence-electron chi connectivity index (χ2n) is 14.9. The number of benzene rings is 1. The minimum Gasteiger partial charge on any atom is -0.444 e. The molecule has 52 heavy (non-hydrogen) atoms. The summed E-state index contributed by atoms with van der Waals surface area (Å²) in [6.07, 6.45) is 8.03. The van der Waals surface area contributed by atoms with Gasteiger partial charge in [0, 0.05) is 32.0 Å². The molecule has 282 valence electrons. The van der Waals surface area contributed by atoms with E-state index in [1.807, 2.05) is 36.4 Å². The zero-order valence-corrected chi connectivity index (χ0v) is 30.0. The molecule has 15 nitrogen and oxygen atoms in total. The first-order valence-electron chi connectivity index (χ1n) is 18.5. The minimum absolute atomic E-state index is 0.0371. The average molecular weight is 741 g/mol. The maximum Gasteiger partial charge on any atom is 0.410 e. The summed E-state index contributed by atoms with van der Waals surface area (Å²) in [7, 11) is -3.89. The number of fused-ring (bicyclic) bond motifs is 3. The maximum absolute atomic E-state index is 14.4.